The van der Waals surface area contributed by atoms with Crippen LogP contribution in [-0.4, -0.2) is 54.7 Å². The standard InChI is InChI=1S/C16H17ClN2O2.C3H7NO.C3H7N.C2H6.CH5N/c17-12-4-5-15-14(8-12)11(9-18-15)3-6-16(21)19-7-1-2-13(19)10-20;1-3(5)4-2;1-3(2)4;2*1-2/h4-5,8-10,13,18H,1-3,6-7H2;1-2H3,(H,4,5);1,4H2,2H3;1-2H3;2H2,1H3/t13-;;;;/m0..../s1. The Labute approximate surface area is 209 Å². The van der Waals surface area contributed by atoms with E-state index in [1.807, 2.05) is 38.2 Å². The van der Waals surface area contributed by atoms with Crippen molar-refractivity contribution in [3.05, 3.63) is 47.3 Å². The SMILES string of the molecule is C=C(C)N.CC.CN.CNC(C)=O.O=C[C@@H]1CCCN1C(=O)CCc1c[nH]c2ccc(Cl)cc12. The molecule has 1 aromatic carbocycles. The fourth-order valence-electron chi connectivity index (χ4n) is 2.99. The van der Waals surface area contributed by atoms with E-state index in [0.29, 0.717) is 30.1 Å². The molecule has 9 heteroatoms. The Balaban J connectivity index is 0. The summed E-state index contributed by atoms with van der Waals surface area (Å²) in [4.78, 5) is 37.8. The molecule has 0 unspecified atom stereocenters. The number of H-pyrrole nitrogens is 1. The number of carbonyl (C=O) groups excluding carboxylic acids is 3. The highest BCUT2D eigenvalue weighted by Crippen LogP contribution is 2.24. The monoisotopic (exact) mass is 495 g/mol. The van der Waals surface area contributed by atoms with Gasteiger partial charge in [-0.05, 0) is 62.7 Å². The molecule has 3 rings (SSSR count). The van der Waals surface area contributed by atoms with Gasteiger partial charge in [0.25, 0.3) is 0 Å². The average molecular weight is 496 g/mol. The van der Waals surface area contributed by atoms with Crippen molar-refractivity contribution in [1.29, 1.82) is 0 Å². The molecule has 6 N–H and O–H groups in total. The van der Waals surface area contributed by atoms with E-state index >= 15 is 0 Å². The topological polar surface area (TPSA) is 134 Å². The highest BCUT2D eigenvalue weighted by Gasteiger charge is 2.27. The largest absolute Gasteiger partial charge is 0.403 e. The highest BCUT2D eigenvalue weighted by atomic mass is 35.5. The Morgan fingerprint density at radius 1 is 1.29 bits per heavy atom. The predicted octanol–water partition coefficient (Wildman–Crippen LogP) is 3.78. The number of amides is 2. The van der Waals surface area contributed by atoms with E-state index in [9.17, 15) is 14.4 Å². The zero-order chi connectivity index (χ0) is 26.7. The molecule has 1 aromatic heterocycles. The quantitative estimate of drug-likeness (QED) is 0.479. The van der Waals surface area contributed by atoms with Gasteiger partial charge < -0.3 is 31.5 Å². The molecule has 8 nitrogen and oxygen atoms in total. The molecule has 192 valence electrons. The number of benzene rings is 1. The number of nitrogens with zero attached hydrogens (tertiary/aromatic N) is 1. The van der Waals surface area contributed by atoms with Crippen molar-refractivity contribution < 1.29 is 14.4 Å². The van der Waals surface area contributed by atoms with E-state index in [2.05, 4.69) is 22.6 Å². The lowest BCUT2D eigenvalue weighted by Crippen LogP contribution is -2.36. The number of aldehydes is 1. The minimum absolute atomic E-state index is 0.00463. The summed E-state index contributed by atoms with van der Waals surface area (Å²) < 4.78 is 0. The summed E-state index contributed by atoms with van der Waals surface area (Å²) in [7, 11) is 3.10. The van der Waals surface area contributed by atoms with Crippen LogP contribution in [0.4, 0.5) is 0 Å². The van der Waals surface area contributed by atoms with Crippen LogP contribution in [0.3, 0.4) is 0 Å². The minimum atomic E-state index is -0.227. The van der Waals surface area contributed by atoms with Gasteiger partial charge in [-0.15, -0.1) is 0 Å². The van der Waals surface area contributed by atoms with Gasteiger partial charge in [-0.1, -0.05) is 32.0 Å². The molecule has 1 saturated heterocycles. The molecule has 0 bridgehead atoms. The second-order valence-electron chi connectivity index (χ2n) is 7.09. The number of aromatic nitrogens is 1. The van der Waals surface area contributed by atoms with Gasteiger partial charge in [0.2, 0.25) is 11.8 Å². The van der Waals surface area contributed by atoms with Gasteiger partial charge in [-0.25, -0.2) is 0 Å². The maximum Gasteiger partial charge on any atom is 0.223 e. The summed E-state index contributed by atoms with van der Waals surface area (Å²) in [6.45, 7) is 11.3. The van der Waals surface area contributed by atoms with Crippen molar-refractivity contribution in [3.8, 4) is 0 Å². The Morgan fingerprint density at radius 2 is 1.85 bits per heavy atom. The van der Waals surface area contributed by atoms with E-state index in [4.69, 9.17) is 17.3 Å². The van der Waals surface area contributed by atoms with Gasteiger partial charge >= 0.3 is 0 Å². The van der Waals surface area contributed by atoms with Crippen LogP contribution in [0.25, 0.3) is 10.9 Å². The van der Waals surface area contributed by atoms with Crippen molar-refractivity contribution in [3.63, 3.8) is 0 Å². The number of nitrogens with one attached hydrogen (secondary N) is 2. The number of rotatable bonds is 4. The molecular weight excluding hydrogens is 454 g/mol. The van der Waals surface area contributed by atoms with Crippen LogP contribution >= 0.6 is 11.6 Å². The summed E-state index contributed by atoms with van der Waals surface area (Å²) in [5.74, 6) is 0.0611. The van der Waals surface area contributed by atoms with E-state index in [1.165, 1.54) is 14.0 Å². The van der Waals surface area contributed by atoms with Crippen molar-refractivity contribution in [2.75, 3.05) is 20.6 Å². The number of likely N-dealkylation sites (tertiary alicyclic amines) is 1. The van der Waals surface area contributed by atoms with Crippen molar-refractivity contribution in [2.24, 2.45) is 11.5 Å². The lowest BCUT2D eigenvalue weighted by molar-refractivity contribution is -0.134. The van der Waals surface area contributed by atoms with E-state index in [-0.39, 0.29) is 17.9 Å². The Hall–Kier alpha value is -2.84. The molecule has 1 aliphatic rings. The number of nitrogens with two attached hydrogens (primary N) is 2. The predicted molar refractivity (Wildman–Crippen MR) is 143 cm³/mol. The number of aryl methyl sites for hydroxylation is 1. The fraction of sp³-hybridized carbons (Fsp3) is 0.480. The van der Waals surface area contributed by atoms with E-state index in [0.717, 1.165) is 35.6 Å². The number of fused-ring (bicyclic) bond motifs is 1. The van der Waals surface area contributed by atoms with Crippen LogP contribution in [0.1, 0.15) is 52.5 Å². The highest BCUT2D eigenvalue weighted by molar-refractivity contribution is 6.31. The molecule has 1 atom stereocenters. The number of aromatic amines is 1. The van der Waals surface area contributed by atoms with Crippen LogP contribution in [0, 0.1) is 0 Å². The molecule has 34 heavy (non-hydrogen) atoms. The second kappa shape index (κ2) is 19.6. The molecule has 0 saturated carbocycles. The molecule has 0 aliphatic carbocycles. The molecule has 1 fully saturated rings. The zero-order valence-corrected chi connectivity index (χ0v) is 22.2. The third-order valence-electron chi connectivity index (χ3n) is 4.47. The molecule has 2 amide bonds. The maximum absolute atomic E-state index is 12.2. The third-order valence-corrected chi connectivity index (χ3v) is 4.70. The first-order valence-electron chi connectivity index (χ1n) is 11.4. The maximum atomic E-state index is 12.2. The number of carbonyl (C=O) groups is 3. The van der Waals surface area contributed by atoms with Gasteiger partial charge in [0.05, 0.1) is 6.04 Å². The first kappa shape index (κ1) is 33.3. The van der Waals surface area contributed by atoms with Crippen molar-refractivity contribution in [1.82, 2.24) is 15.2 Å². The first-order valence-corrected chi connectivity index (χ1v) is 11.7. The molecule has 0 spiro atoms. The number of allylic oxidation sites excluding steroid dienone is 1. The Bertz CT molecular complexity index is 879. The molecule has 0 radical (unpaired) electrons. The van der Waals surface area contributed by atoms with Crippen LogP contribution in [-0.2, 0) is 20.8 Å². The summed E-state index contributed by atoms with van der Waals surface area (Å²) >= 11 is 6.02. The average Bonchev–Trinajstić information content (AvgIpc) is 3.47. The first-order chi connectivity index (χ1) is 16.2. The smallest absolute Gasteiger partial charge is 0.223 e. The lowest BCUT2D eigenvalue weighted by atomic mass is 10.1. The molecule has 1 aliphatic heterocycles. The molecule has 2 aromatic rings. The van der Waals surface area contributed by atoms with Crippen LogP contribution < -0.4 is 16.8 Å². The summed E-state index contributed by atoms with van der Waals surface area (Å²) in [5, 5.41) is 4.14. The van der Waals surface area contributed by atoms with E-state index in [1.54, 1.807) is 18.9 Å². The normalized spacial score (nSPS) is 13.4. The minimum Gasteiger partial charge on any atom is -0.403 e. The fourth-order valence-corrected chi connectivity index (χ4v) is 3.16. The van der Waals surface area contributed by atoms with Gasteiger partial charge in [-0.3, -0.25) is 9.59 Å². The van der Waals surface area contributed by atoms with Gasteiger partial charge in [-0.2, -0.15) is 0 Å². The van der Waals surface area contributed by atoms with Crippen LogP contribution in [0.2, 0.25) is 5.02 Å². The Kier molecular flexibility index (Phi) is 19.2. The third kappa shape index (κ3) is 13.0. The lowest BCUT2D eigenvalue weighted by Gasteiger charge is -2.20. The van der Waals surface area contributed by atoms with E-state index < -0.39 is 0 Å². The van der Waals surface area contributed by atoms with Crippen LogP contribution in [0.15, 0.2) is 36.7 Å². The number of halogens is 1. The van der Waals surface area contributed by atoms with Gasteiger partial charge in [0, 0.05) is 49.1 Å². The summed E-state index contributed by atoms with van der Waals surface area (Å²) in [5.41, 5.74) is 12.2. The number of hydrogen-bond donors (Lipinski definition) is 4. The van der Waals surface area contributed by atoms with Crippen molar-refractivity contribution >= 4 is 40.6 Å². The molecule has 2 heterocycles. The molecular formula is C25H42ClN5O3. The summed E-state index contributed by atoms with van der Waals surface area (Å²) in [6, 6.07) is 5.46. The summed E-state index contributed by atoms with van der Waals surface area (Å²) in [6.07, 6.45) is 5.59. The Morgan fingerprint density at radius 3 is 2.35 bits per heavy atom. The van der Waals surface area contributed by atoms with Crippen LogP contribution in [0.5, 0.6) is 0 Å². The van der Waals surface area contributed by atoms with Gasteiger partial charge in [0.1, 0.15) is 6.29 Å². The zero-order valence-electron chi connectivity index (χ0n) is 21.4. The van der Waals surface area contributed by atoms with Gasteiger partial charge in [0.15, 0.2) is 0 Å². The second-order valence-corrected chi connectivity index (χ2v) is 7.53. The van der Waals surface area contributed by atoms with Crippen molar-refractivity contribution in [2.45, 2.75) is 59.4 Å². The number of hydrogen-bond acceptors (Lipinski definition) is 5.